The van der Waals surface area contributed by atoms with Crippen LogP contribution in [0.15, 0.2) is 24.3 Å². The molecule has 2 unspecified atom stereocenters. The van der Waals surface area contributed by atoms with Gasteiger partial charge in [0.05, 0.1) is 20.5 Å². The molecule has 0 saturated carbocycles. The van der Waals surface area contributed by atoms with E-state index in [0.717, 1.165) is 15.2 Å². The van der Waals surface area contributed by atoms with Crippen LogP contribution in [0.2, 0.25) is 0 Å². The predicted molar refractivity (Wildman–Crippen MR) is 78.7 cm³/mol. The third kappa shape index (κ3) is 3.30. The standard InChI is InChI=1S/C12H17N3O2S2/c1-8(19(2,16)17)10(15-13)7-12-14-9-5-3-4-6-11(9)18-12/h3-6,8,10,15H,7,13H2,1-2H3. The highest BCUT2D eigenvalue weighted by atomic mass is 32.2. The molecule has 5 nitrogen and oxygen atoms in total. The first-order valence-electron chi connectivity index (χ1n) is 5.91. The molecule has 0 fully saturated rings. The van der Waals surface area contributed by atoms with E-state index >= 15 is 0 Å². The molecule has 0 aliphatic carbocycles. The number of benzene rings is 1. The largest absolute Gasteiger partial charge is 0.271 e. The molecule has 2 aromatic rings. The molecule has 1 heterocycles. The monoisotopic (exact) mass is 299 g/mol. The van der Waals surface area contributed by atoms with E-state index in [1.54, 1.807) is 18.3 Å². The third-order valence-corrected chi connectivity index (χ3v) is 5.93. The van der Waals surface area contributed by atoms with Crippen LogP contribution in [0.3, 0.4) is 0 Å². The van der Waals surface area contributed by atoms with Crippen molar-refractivity contribution in [3.8, 4) is 0 Å². The molecule has 0 saturated heterocycles. The maximum atomic E-state index is 11.6. The topological polar surface area (TPSA) is 85.1 Å². The second-order valence-electron chi connectivity index (χ2n) is 4.59. The maximum absolute atomic E-state index is 11.6. The second kappa shape index (κ2) is 5.54. The number of hydrogen-bond donors (Lipinski definition) is 2. The summed E-state index contributed by atoms with van der Waals surface area (Å²) in [4.78, 5) is 4.49. The Bertz CT molecular complexity index is 633. The normalized spacial score (nSPS) is 15.5. The molecule has 0 aliphatic rings. The van der Waals surface area contributed by atoms with E-state index in [4.69, 9.17) is 5.84 Å². The van der Waals surface area contributed by atoms with Gasteiger partial charge >= 0.3 is 0 Å². The zero-order valence-electron chi connectivity index (χ0n) is 10.8. The summed E-state index contributed by atoms with van der Waals surface area (Å²) in [5.74, 6) is 5.47. The average molecular weight is 299 g/mol. The molecule has 19 heavy (non-hydrogen) atoms. The van der Waals surface area contributed by atoms with E-state index in [1.165, 1.54) is 6.26 Å². The lowest BCUT2D eigenvalue weighted by Gasteiger charge is -2.20. The molecule has 104 valence electrons. The van der Waals surface area contributed by atoms with Crippen LogP contribution >= 0.6 is 11.3 Å². The molecule has 0 spiro atoms. The summed E-state index contributed by atoms with van der Waals surface area (Å²) < 4.78 is 24.3. The summed E-state index contributed by atoms with van der Waals surface area (Å²) in [6.45, 7) is 1.66. The maximum Gasteiger partial charge on any atom is 0.151 e. The number of nitrogens with zero attached hydrogens (tertiary/aromatic N) is 1. The minimum Gasteiger partial charge on any atom is -0.271 e. The Hall–Kier alpha value is -1.02. The van der Waals surface area contributed by atoms with Crippen LogP contribution in [0.25, 0.3) is 10.2 Å². The van der Waals surface area contributed by atoms with Crippen molar-refractivity contribution in [1.29, 1.82) is 0 Å². The molecule has 0 aliphatic heterocycles. The summed E-state index contributed by atoms with van der Waals surface area (Å²) in [5, 5.41) is 0.337. The van der Waals surface area contributed by atoms with Gasteiger partial charge < -0.3 is 0 Å². The minimum atomic E-state index is -3.13. The molecule has 2 atom stereocenters. The van der Waals surface area contributed by atoms with E-state index in [-0.39, 0.29) is 6.04 Å². The van der Waals surface area contributed by atoms with Gasteiger partial charge in [0, 0.05) is 18.7 Å². The summed E-state index contributed by atoms with van der Waals surface area (Å²) in [7, 11) is -3.13. The van der Waals surface area contributed by atoms with Crippen LogP contribution in [0.1, 0.15) is 11.9 Å². The van der Waals surface area contributed by atoms with Crippen LogP contribution in [-0.2, 0) is 16.3 Å². The number of thiazole rings is 1. The Labute approximate surface area is 116 Å². The summed E-state index contributed by atoms with van der Waals surface area (Å²) in [5.41, 5.74) is 3.52. The van der Waals surface area contributed by atoms with Crippen molar-refractivity contribution in [2.24, 2.45) is 5.84 Å². The van der Waals surface area contributed by atoms with Gasteiger partial charge in [0.2, 0.25) is 0 Å². The molecule has 1 aromatic carbocycles. The Morgan fingerprint density at radius 2 is 2.11 bits per heavy atom. The highest BCUT2D eigenvalue weighted by molar-refractivity contribution is 7.91. The number of para-hydroxylation sites is 1. The van der Waals surface area contributed by atoms with Gasteiger partial charge in [0.15, 0.2) is 9.84 Å². The van der Waals surface area contributed by atoms with Gasteiger partial charge in [-0.05, 0) is 19.1 Å². The average Bonchev–Trinajstić information content (AvgIpc) is 2.76. The van der Waals surface area contributed by atoms with Gasteiger partial charge in [-0.15, -0.1) is 11.3 Å². The number of nitrogens with one attached hydrogen (secondary N) is 1. The zero-order valence-corrected chi connectivity index (χ0v) is 12.5. The number of fused-ring (bicyclic) bond motifs is 1. The van der Waals surface area contributed by atoms with Gasteiger partial charge in [-0.25, -0.2) is 13.4 Å². The molecular weight excluding hydrogens is 282 g/mol. The molecular formula is C12H17N3O2S2. The lowest BCUT2D eigenvalue weighted by molar-refractivity contribution is 0.493. The van der Waals surface area contributed by atoms with Crippen LogP contribution in [0.4, 0.5) is 0 Å². The first kappa shape index (κ1) is 14.4. The molecule has 3 N–H and O–H groups in total. The number of hydrogen-bond acceptors (Lipinski definition) is 6. The van der Waals surface area contributed by atoms with E-state index in [0.29, 0.717) is 6.42 Å². The van der Waals surface area contributed by atoms with Crippen LogP contribution in [0.5, 0.6) is 0 Å². The highest BCUT2D eigenvalue weighted by Crippen LogP contribution is 2.23. The smallest absolute Gasteiger partial charge is 0.151 e. The molecule has 7 heteroatoms. The number of nitrogens with two attached hydrogens (primary N) is 1. The van der Waals surface area contributed by atoms with Crippen LogP contribution in [0, 0.1) is 0 Å². The summed E-state index contributed by atoms with van der Waals surface area (Å²) in [6.07, 6.45) is 1.73. The van der Waals surface area contributed by atoms with Crippen LogP contribution < -0.4 is 11.3 Å². The fourth-order valence-electron chi connectivity index (χ4n) is 1.85. The molecule has 2 rings (SSSR count). The van der Waals surface area contributed by atoms with Crippen molar-refractivity contribution in [3.05, 3.63) is 29.3 Å². The predicted octanol–water partition coefficient (Wildman–Crippen LogP) is 1.10. The Morgan fingerprint density at radius 3 is 2.68 bits per heavy atom. The summed E-state index contributed by atoms with van der Waals surface area (Å²) >= 11 is 1.57. The van der Waals surface area contributed by atoms with E-state index in [2.05, 4.69) is 10.4 Å². The number of rotatable bonds is 5. The van der Waals surface area contributed by atoms with Crippen molar-refractivity contribution in [2.75, 3.05) is 6.26 Å². The Kier molecular flexibility index (Phi) is 4.19. The lowest BCUT2D eigenvalue weighted by atomic mass is 10.1. The second-order valence-corrected chi connectivity index (χ2v) is 8.11. The Morgan fingerprint density at radius 1 is 1.42 bits per heavy atom. The number of sulfone groups is 1. The van der Waals surface area contributed by atoms with E-state index < -0.39 is 15.1 Å². The van der Waals surface area contributed by atoms with Crippen molar-refractivity contribution in [1.82, 2.24) is 10.4 Å². The SMILES string of the molecule is CC(C(Cc1nc2ccccc2s1)NN)S(C)(=O)=O. The first-order chi connectivity index (χ1) is 8.91. The van der Waals surface area contributed by atoms with Gasteiger partial charge in [-0.1, -0.05) is 12.1 Å². The lowest BCUT2D eigenvalue weighted by Crippen LogP contribution is -2.47. The fraction of sp³-hybridized carbons (Fsp3) is 0.417. The quantitative estimate of drug-likeness (QED) is 0.638. The zero-order chi connectivity index (χ0) is 14.0. The molecule has 0 bridgehead atoms. The summed E-state index contributed by atoms with van der Waals surface area (Å²) in [6, 6.07) is 7.50. The third-order valence-electron chi connectivity index (χ3n) is 3.19. The van der Waals surface area contributed by atoms with Crippen molar-refractivity contribution < 1.29 is 8.42 Å². The van der Waals surface area contributed by atoms with Gasteiger partial charge in [-0.2, -0.15) is 0 Å². The fourth-order valence-corrected chi connectivity index (χ4v) is 3.65. The highest BCUT2D eigenvalue weighted by Gasteiger charge is 2.26. The molecule has 1 aromatic heterocycles. The van der Waals surface area contributed by atoms with Crippen molar-refractivity contribution >= 4 is 31.4 Å². The molecule has 0 amide bonds. The Balaban J connectivity index is 2.23. The minimum absolute atomic E-state index is 0.337. The van der Waals surface area contributed by atoms with E-state index in [9.17, 15) is 8.42 Å². The van der Waals surface area contributed by atoms with Crippen molar-refractivity contribution in [3.63, 3.8) is 0 Å². The first-order valence-corrected chi connectivity index (χ1v) is 8.68. The van der Waals surface area contributed by atoms with Gasteiger partial charge in [0.25, 0.3) is 0 Å². The van der Waals surface area contributed by atoms with Gasteiger partial charge in [-0.3, -0.25) is 11.3 Å². The van der Waals surface area contributed by atoms with E-state index in [1.807, 2.05) is 24.3 Å². The van der Waals surface area contributed by atoms with Crippen molar-refractivity contribution in [2.45, 2.75) is 24.6 Å². The molecule has 0 radical (unpaired) electrons. The number of hydrazine groups is 1. The number of aromatic nitrogens is 1. The van der Waals surface area contributed by atoms with Crippen LogP contribution in [-0.4, -0.2) is 30.9 Å². The van der Waals surface area contributed by atoms with Gasteiger partial charge in [0.1, 0.15) is 0 Å².